The van der Waals surface area contributed by atoms with E-state index in [1.165, 1.54) is 5.57 Å². The Morgan fingerprint density at radius 3 is 1.40 bits per heavy atom. The molecule has 5 nitrogen and oxygen atoms in total. The van der Waals surface area contributed by atoms with E-state index >= 15 is 0 Å². The Hall–Kier alpha value is -0.882. The molecule has 1 aliphatic carbocycles. The van der Waals surface area contributed by atoms with Crippen molar-refractivity contribution in [3.63, 3.8) is 0 Å². The van der Waals surface area contributed by atoms with Crippen molar-refractivity contribution in [1.82, 2.24) is 0 Å². The Balaban J connectivity index is 2.05. The van der Waals surface area contributed by atoms with Crippen molar-refractivity contribution < 1.29 is 22.3 Å². The van der Waals surface area contributed by atoms with E-state index in [9.17, 15) is 4.57 Å². The number of hydrogen-bond donors (Lipinski definition) is 0. The van der Waals surface area contributed by atoms with Gasteiger partial charge in [0.1, 0.15) is 19.7 Å². The maximum Gasteiger partial charge on any atom is 0.161 e. The number of benzene rings is 2. The van der Waals surface area contributed by atoms with Crippen LogP contribution in [0.4, 0.5) is 0 Å². The van der Waals surface area contributed by atoms with Gasteiger partial charge in [0.15, 0.2) is 39.1 Å². The molecule has 0 aliphatic heterocycles. The van der Waals surface area contributed by atoms with Crippen molar-refractivity contribution >= 4 is 56.8 Å². The highest BCUT2D eigenvalue weighted by Crippen LogP contribution is 2.52. The molecule has 0 bridgehead atoms. The fourth-order valence-corrected chi connectivity index (χ4v) is 12.7. The lowest BCUT2D eigenvalue weighted by atomic mass is 9.60. The van der Waals surface area contributed by atoms with Crippen molar-refractivity contribution in [2.45, 2.75) is 85.7 Å². The third kappa shape index (κ3) is 8.64. The van der Waals surface area contributed by atoms with Crippen LogP contribution in [-0.4, -0.2) is 57.8 Å². The predicted molar refractivity (Wildman–Crippen MR) is 191 cm³/mol. The van der Waals surface area contributed by atoms with E-state index in [2.05, 4.69) is 60.0 Å². The van der Waals surface area contributed by atoms with Crippen molar-refractivity contribution in [1.29, 1.82) is 0 Å². The van der Waals surface area contributed by atoms with Crippen LogP contribution in [0, 0.1) is 22.7 Å². The molecule has 0 spiro atoms. The van der Waals surface area contributed by atoms with E-state index in [1.54, 1.807) is 0 Å². The van der Waals surface area contributed by atoms with Crippen LogP contribution in [0.5, 0.6) is 0 Å². The van der Waals surface area contributed by atoms with Crippen LogP contribution in [0.1, 0.15) is 47.0 Å². The Morgan fingerprint density at radius 2 is 1.07 bits per heavy atom. The standard InChI is InChI=1S/C32H55O5PSi4/c1-31(2,29(34-39-5)35-40-6)25-21-24(22-26(23-25)32(3,4)30(36-41-7)37-42-8)19-20-38(33,27-15-11-9-12-16-27)28-17-13-10-14-18-28/h9-19,25-26,29-30H,20-23,39-42H2,1-8H3. The normalized spacial score (nSPS) is 21.0. The summed E-state index contributed by atoms with van der Waals surface area (Å²) in [6.07, 6.45) is 5.55. The molecule has 2 unspecified atom stereocenters. The molecule has 0 aromatic heterocycles. The topological polar surface area (TPSA) is 54.0 Å². The summed E-state index contributed by atoms with van der Waals surface area (Å²) in [7, 11) is -5.33. The van der Waals surface area contributed by atoms with Gasteiger partial charge in [-0.25, -0.2) is 0 Å². The molecule has 3 rings (SSSR count). The fourth-order valence-electron chi connectivity index (χ4n) is 6.43. The second kappa shape index (κ2) is 16.4. The van der Waals surface area contributed by atoms with Crippen LogP contribution in [0.3, 0.4) is 0 Å². The van der Waals surface area contributed by atoms with Gasteiger partial charge in [-0.15, -0.1) is 0 Å². The highest BCUT2D eigenvalue weighted by molar-refractivity contribution is 7.78. The predicted octanol–water partition coefficient (Wildman–Crippen LogP) is 4.64. The van der Waals surface area contributed by atoms with Gasteiger partial charge in [-0.1, -0.05) is 126 Å². The van der Waals surface area contributed by atoms with E-state index in [0.717, 1.165) is 29.9 Å². The first-order valence-electron chi connectivity index (χ1n) is 15.9. The molecule has 0 heterocycles. The molecular weight excluding hydrogens is 608 g/mol. The lowest BCUT2D eigenvalue weighted by Gasteiger charge is -2.50. The van der Waals surface area contributed by atoms with Gasteiger partial charge in [-0.2, -0.15) is 0 Å². The van der Waals surface area contributed by atoms with Gasteiger partial charge in [0.25, 0.3) is 0 Å². The minimum atomic E-state index is -2.85. The molecule has 2 aromatic rings. The monoisotopic (exact) mass is 662 g/mol. The summed E-state index contributed by atoms with van der Waals surface area (Å²) in [4.78, 5) is 0. The first kappa shape index (κ1) is 35.6. The first-order valence-corrected chi connectivity index (χ1v) is 25.7. The Bertz CT molecular complexity index is 1070. The van der Waals surface area contributed by atoms with E-state index in [0.29, 0.717) is 18.0 Å². The Labute approximate surface area is 265 Å². The number of allylic oxidation sites excluding steroid dienone is 2. The minimum Gasteiger partial charge on any atom is -0.400 e. The molecule has 0 N–H and O–H groups in total. The summed E-state index contributed by atoms with van der Waals surface area (Å²) in [6.45, 7) is 18.1. The van der Waals surface area contributed by atoms with Crippen LogP contribution in [0.25, 0.3) is 0 Å². The summed E-state index contributed by atoms with van der Waals surface area (Å²) < 4.78 is 40.3. The summed E-state index contributed by atoms with van der Waals surface area (Å²) in [6, 6.07) is 20.1. The zero-order valence-corrected chi connectivity index (χ0v) is 33.9. The van der Waals surface area contributed by atoms with Gasteiger partial charge < -0.3 is 22.3 Å². The maximum absolute atomic E-state index is 14.9. The molecule has 42 heavy (non-hydrogen) atoms. The average Bonchev–Trinajstić information content (AvgIpc) is 3.00. The van der Waals surface area contributed by atoms with E-state index in [-0.39, 0.29) is 23.4 Å². The molecule has 1 aliphatic rings. The zero-order valence-electron chi connectivity index (χ0n) is 27.3. The third-order valence-corrected chi connectivity index (χ3v) is 14.7. The number of hydrogen-bond acceptors (Lipinski definition) is 5. The molecule has 2 atom stereocenters. The van der Waals surface area contributed by atoms with Gasteiger partial charge in [0.2, 0.25) is 0 Å². The molecular formula is C32H55O5PSi4. The molecule has 1 saturated carbocycles. The quantitative estimate of drug-likeness (QED) is 0.114. The lowest BCUT2D eigenvalue weighted by Crippen LogP contribution is -2.48. The molecule has 0 amide bonds. The number of rotatable bonds is 16. The van der Waals surface area contributed by atoms with Crippen LogP contribution in [0.15, 0.2) is 72.3 Å². The van der Waals surface area contributed by atoms with Crippen molar-refractivity contribution in [3.05, 3.63) is 72.3 Å². The molecule has 10 heteroatoms. The van der Waals surface area contributed by atoms with Gasteiger partial charge in [-0.3, -0.25) is 0 Å². The van der Waals surface area contributed by atoms with Gasteiger partial charge in [-0.05, 0) is 31.1 Å². The first-order chi connectivity index (χ1) is 20.0. The van der Waals surface area contributed by atoms with Crippen molar-refractivity contribution in [3.8, 4) is 0 Å². The van der Waals surface area contributed by atoms with Gasteiger partial charge >= 0.3 is 0 Å². The highest BCUT2D eigenvalue weighted by atomic mass is 31.2. The minimum absolute atomic E-state index is 0.140. The molecule has 0 saturated heterocycles. The van der Waals surface area contributed by atoms with Crippen LogP contribution in [-0.2, 0) is 22.3 Å². The van der Waals surface area contributed by atoms with Crippen LogP contribution >= 0.6 is 7.14 Å². The largest absolute Gasteiger partial charge is 0.400 e. The second-order valence-corrected chi connectivity index (χ2v) is 19.1. The smallest absolute Gasteiger partial charge is 0.161 e. The Morgan fingerprint density at radius 1 is 0.714 bits per heavy atom. The van der Waals surface area contributed by atoms with Crippen molar-refractivity contribution in [2.24, 2.45) is 22.7 Å². The van der Waals surface area contributed by atoms with Crippen molar-refractivity contribution in [2.75, 3.05) is 6.16 Å². The molecule has 2 aromatic carbocycles. The van der Waals surface area contributed by atoms with Crippen LogP contribution < -0.4 is 10.6 Å². The SMILES string of the molecule is C[SiH2]OC(O[SiH2]C)C(C)(C)C1CC(=CCP(=O)(c2ccccc2)c2ccccc2)CC(C(C)(C)C(O[SiH2]C)O[SiH2]C)C1. The highest BCUT2D eigenvalue weighted by Gasteiger charge is 2.47. The summed E-state index contributed by atoms with van der Waals surface area (Å²) in [5.74, 6) is 0.748. The Kier molecular flexibility index (Phi) is 13.9. The van der Waals surface area contributed by atoms with Gasteiger partial charge in [0, 0.05) is 27.6 Å². The summed E-state index contributed by atoms with van der Waals surface area (Å²) in [5.41, 5.74) is 1.11. The second-order valence-electron chi connectivity index (χ2n) is 12.6. The van der Waals surface area contributed by atoms with E-state index < -0.39 is 46.2 Å². The van der Waals surface area contributed by atoms with Crippen LogP contribution in [0.2, 0.25) is 26.2 Å². The zero-order chi connectivity index (χ0) is 30.8. The van der Waals surface area contributed by atoms with E-state index in [1.807, 2.05) is 60.7 Å². The van der Waals surface area contributed by atoms with E-state index in [4.69, 9.17) is 17.7 Å². The average molecular weight is 663 g/mol. The summed E-state index contributed by atoms with van der Waals surface area (Å²) >= 11 is 0. The summed E-state index contributed by atoms with van der Waals surface area (Å²) in [5, 5.41) is 1.84. The molecule has 0 radical (unpaired) electrons. The maximum atomic E-state index is 14.9. The van der Waals surface area contributed by atoms with Gasteiger partial charge in [0.05, 0.1) is 0 Å². The molecule has 1 fully saturated rings. The molecule has 234 valence electrons. The fraction of sp³-hybridized carbons (Fsp3) is 0.562. The third-order valence-electron chi connectivity index (χ3n) is 9.16. The lowest BCUT2D eigenvalue weighted by molar-refractivity contribution is -0.135.